The van der Waals surface area contributed by atoms with Crippen LogP contribution in [-0.2, 0) is 4.74 Å². The highest BCUT2D eigenvalue weighted by atomic mass is 35.5. The van der Waals surface area contributed by atoms with Gasteiger partial charge < -0.3 is 10.1 Å². The first-order valence-electron chi connectivity index (χ1n) is 5.80. The number of rotatable bonds is 2. The molecule has 1 amide bonds. The molecule has 6 heteroatoms. The lowest BCUT2D eigenvalue weighted by atomic mass is 10.0. The maximum atomic E-state index is 12.0. The average Bonchev–Trinajstić information content (AvgIpc) is 2.32. The number of ether oxygens (including phenoxy) is 1. The quantitative estimate of drug-likeness (QED) is 0.852. The van der Waals surface area contributed by atoms with Gasteiger partial charge in [0.2, 0.25) is 0 Å². The molecule has 2 rings (SSSR count). The van der Waals surface area contributed by atoms with Crippen molar-refractivity contribution in [1.29, 1.82) is 0 Å². The molecular formula is C12H14Cl2N2O2. The van der Waals surface area contributed by atoms with Gasteiger partial charge in [-0.1, -0.05) is 23.2 Å². The maximum absolute atomic E-state index is 12.0. The lowest BCUT2D eigenvalue weighted by Crippen LogP contribution is -2.41. The van der Waals surface area contributed by atoms with E-state index in [1.807, 2.05) is 6.92 Å². The molecule has 1 aliphatic rings. The van der Waals surface area contributed by atoms with Crippen molar-refractivity contribution in [2.45, 2.75) is 31.9 Å². The molecule has 2 atom stereocenters. The summed E-state index contributed by atoms with van der Waals surface area (Å²) in [6.07, 6.45) is 3.24. The summed E-state index contributed by atoms with van der Waals surface area (Å²) in [5.41, 5.74) is 0.420. The molecule has 0 aliphatic carbocycles. The Morgan fingerprint density at radius 3 is 3.00 bits per heavy atom. The summed E-state index contributed by atoms with van der Waals surface area (Å²) in [7, 11) is 0. The minimum atomic E-state index is -0.180. The first-order valence-corrected chi connectivity index (χ1v) is 6.55. The zero-order chi connectivity index (χ0) is 13.1. The molecule has 2 unspecified atom stereocenters. The predicted molar refractivity (Wildman–Crippen MR) is 70.2 cm³/mol. The second-order valence-electron chi connectivity index (χ2n) is 4.37. The molecule has 1 aromatic heterocycles. The van der Waals surface area contributed by atoms with Crippen LogP contribution in [-0.4, -0.2) is 29.6 Å². The summed E-state index contributed by atoms with van der Waals surface area (Å²) in [6.45, 7) is 2.67. The number of aromatic nitrogens is 1. The van der Waals surface area contributed by atoms with Crippen molar-refractivity contribution in [3.05, 3.63) is 28.0 Å². The largest absolute Gasteiger partial charge is 0.378 e. The van der Waals surface area contributed by atoms with E-state index in [1.54, 1.807) is 0 Å². The van der Waals surface area contributed by atoms with Gasteiger partial charge in [0.15, 0.2) is 0 Å². The molecule has 1 saturated heterocycles. The molecule has 98 valence electrons. The first kappa shape index (κ1) is 13.6. The Morgan fingerprint density at radius 2 is 2.33 bits per heavy atom. The Hall–Kier alpha value is -0.840. The average molecular weight is 289 g/mol. The van der Waals surface area contributed by atoms with Crippen molar-refractivity contribution in [2.24, 2.45) is 0 Å². The van der Waals surface area contributed by atoms with Crippen molar-refractivity contribution in [3.63, 3.8) is 0 Å². The number of amides is 1. The van der Waals surface area contributed by atoms with Crippen molar-refractivity contribution >= 4 is 29.1 Å². The van der Waals surface area contributed by atoms with Crippen LogP contribution in [0.5, 0.6) is 0 Å². The summed E-state index contributed by atoms with van der Waals surface area (Å²) in [4.78, 5) is 15.8. The summed E-state index contributed by atoms with van der Waals surface area (Å²) >= 11 is 11.5. The lowest BCUT2D eigenvalue weighted by Gasteiger charge is -2.27. The Kier molecular flexibility index (Phi) is 4.43. The third-order valence-electron chi connectivity index (χ3n) is 2.88. The van der Waals surface area contributed by atoms with E-state index in [-0.39, 0.29) is 28.2 Å². The highest BCUT2D eigenvalue weighted by Gasteiger charge is 2.21. The fourth-order valence-electron chi connectivity index (χ4n) is 1.94. The van der Waals surface area contributed by atoms with Crippen LogP contribution in [0.3, 0.4) is 0 Å². The molecular weight excluding hydrogens is 275 g/mol. The van der Waals surface area contributed by atoms with E-state index in [0.29, 0.717) is 12.2 Å². The highest BCUT2D eigenvalue weighted by molar-refractivity contribution is 6.41. The third-order valence-corrected chi connectivity index (χ3v) is 3.56. The van der Waals surface area contributed by atoms with Gasteiger partial charge in [0.1, 0.15) is 5.15 Å². The van der Waals surface area contributed by atoms with E-state index in [0.717, 1.165) is 12.8 Å². The Labute approximate surface area is 116 Å². The van der Waals surface area contributed by atoms with Crippen LogP contribution in [0.1, 0.15) is 30.1 Å². The van der Waals surface area contributed by atoms with Gasteiger partial charge in [-0.3, -0.25) is 4.79 Å². The van der Waals surface area contributed by atoms with Gasteiger partial charge in [0.05, 0.1) is 16.7 Å². The van der Waals surface area contributed by atoms with Crippen LogP contribution in [0.4, 0.5) is 0 Å². The molecule has 0 bridgehead atoms. The zero-order valence-corrected chi connectivity index (χ0v) is 11.5. The molecule has 2 heterocycles. The Bertz CT molecular complexity index is 454. The second kappa shape index (κ2) is 5.87. The van der Waals surface area contributed by atoms with Gasteiger partial charge in [-0.15, -0.1) is 0 Å². The molecule has 1 aromatic rings. The Morgan fingerprint density at radius 1 is 1.56 bits per heavy atom. The predicted octanol–water partition coefficient (Wildman–Crippen LogP) is 2.69. The van der Waals surface area contributed by atoms with Gasteiger partial charge >= 0.3 is 0 Å². The van der Waals surface area contributed by atoms with Gasteiger partial charge in [-0.05, 0) is 25.8 Å². The molecule has 4 nitrogen and oxygen atoms in total. The van der Waals surface area contributed by atoms with E-state index in [4.69, 9.17) is 27.9 Å². The first-order chi connectivity index (χ1) is 8.56. The number of carbonyl (C=O) groups excluding carboxylic acids is 1. The lowest BCUT2D eigenvalue weighted by molar-refractivity contribution is 0.0136. The number of nitrogens with zero attached hydrogens (tertiary/aromatic N) is 1. The van der Waals surface area contributed by atoms with Crippen LogP contribution in [0.2, 0.25) is 10.2 Å². The van der Waals surface area contributed by atoms with Crippen molar-refractivity contribution in [3.8, 4) is 0 Å². The van der Waals surface area contributed by atoms with Gasteiger partial charge in [-0.2, -0.15) is 0 Å². The topological polar surface area (TPSA) is 51.2 Å². The minimum Gasteiger partial charge on any atom is -0.378 e. The normalized spacial score (nSPS) is 23.7. The smallest absolute Gasteiger partial charge is 0.253 e. The van der Waals surface area contributed by atoms with E-state index in [1.165, 1.54) is 12.3 Å². The SMILES string of the molecule is CC1CC(NC(=O)c2cnc(Cl)c(Cl)c2)CCO1. The molecule has 0 saturated carbocycles. The monoisotopic (exact) mass is 288 g/mol. The standard InChI is InChI=1S/C12H14Cl2N2O2/c1-7-4-9(2-3-18-7)16-12(17)8-5-10(13)11(14)15-6-8/h5-7,9H,2-4H2,1H3,(H,16,17). The molecule has 1 fully saturated rings. The fraction of sp³-hybridized carbons (Fsp3) is 0.500. The van der Waals surface area contributed by atoms with E-state index in [9.17, 15) is 4.79 Å². The van der Waals surface area contributed by atoms with Gasteiger partial charge in [0, 0.05) is 18.8 Å². The number of halogens is 2. The number of carbonyl (C=O) groups is 1. The summed E-state index contributed by atoms with van der Waals surface area (Å²) in [5, 5.41) is 3.44. The highest BCUT2D eigenvalue weighted by Crippen LogP contribution is 2.20. The van der Waals surface area contributed by atoms with E-state index in [2.05, 4.69) is 10.3 Å². The minimum absolute atomic E-state index is 0.135. The number of pyridine rings is 1. The molecule has 1 aliphatic heterocycles. The van der Waals surface area contributed by atoms with Crippen LogP contribution < -0.4 is 5.32 Å². The molecule has 0 aromatic carbocycles. The molecule has 0 radical (unpaired) electrons. The third kappa shape index (κ3) is 3.34. The molecule has 1 N–H and O–H groups in total. The van der Waals surface area contributed by atoms with Crippen molar-refractivity contribution in [2.75, 3.05) is 6.61 Å². The van der Waals surface area contributed by atoms with Crippen LogP contribution in [0, 0.1) is 0 Å². The second-order valence-corrected chi connectivity index (χ2v) is 5.14. The number of hydrogen-bond acceptors (Lipinski definition) is 3. The van der Waals surface area contributed by atoms with Gasteiger partial charge in [-0.25, -0.2) is 4.98 Å². The Balaban J connectivity index is 2.00. The van der Waals surface area contributed by atoms with Crippen molar-refractivity contribution < 1.29 is 9.53 Å². The zero-order valence-electron chi connectivity index (χ0n) is 9.95. The summed E-state index contributed by atoms with van der Waals surface area (Å²) < 4.78 is 5.43. The number of hydrogen-bond donors (Lipinski definition) is 1. The molecule has 0 spiro atoms. The van der Waals surface area contributed by atoms with Crippen molar-refractivity contribution in [1.82, 2.24) is 10.3 Å². The van der Waals surface area contributed by atoms with Crippen LogP contribution in [0.15, 0.2) is 12.3 Å². The van der Waals surface area contributed by atoms with Crippen LogP contribution >= 0.6 is 23.2 Å². The van der Waals surface area contributed by atoms with Gasteiger partial charge in [0.25, 0.3) is 5.91 Å². The fourth-order valence-corrected chi connectivity index (χ4v) is 2.21. The van der Waals surface area contributed by atoms with E-state index >= 15 is 0 Å². The molecule has 18 heavy (non-hydrogen) atoms. The summed E-state index contributed by atoms with van der Waals surface area (Å²) in [5.74, 6) is -0.180. The van der Waals surface area contributed by atoms with Crippen LogP contribution in [0.25, 0.3) is 0 Å². The van der Waals surface area contributed by atoms with E-state index < -0.39 is 0 Å². The maximum Gasteiger partial charge on any atom is 0.253 e. The number of nitrogens with one attached hydrogen (secondary N) is 1. The summed E-state index contributed by atoms with van der Waals surface area (Å²) in [6, 6.07) is 1.66.